The van der Waals surface area contributed by atoms with Gasteiger partial charge >= 0.3 is 0 Å². The normalized spacial score (nSPS) is 13.5. The van der Waals surface area contributed by atoms with E-state index in [1.54, 1.807) is 6.07 Å². The molecular formula is C13H23BrN2O2S3. The SMILES string of the molecule is CCNCc1cc(S(=O)(=O)NC(C)CCSCC)c(Br)s1. The van der Waals surface area contributed by atoms with Crippen molar-refractivity contribution in [2.24, 2.45) is 0 Å². The van der Waals surface area contributed by atoms with Crippen molar-refractivity contribution in [1.29, 1.82) is 0 Å². The van der Waals surface area contributed by atoms with Gasteiger partial charge in [-0.2, -0.15) is 11.8 Å². The van der Waals surface area contributed by atoms with Crippen molar-refractivity contribution < 1.29 is 8.42 Å². The minimum absolute atomic E-state index is 0.0573. The van der Waals surface area contributed by atoms with Crippen LogP contribution in [-0.4, -0.2) is 32.5 Å². The molecule has 21 heavy (non-hydrogen) atoms. The summed E-state index contributed by atoms with van der Waals surface area (Å²) in [4.78, 5) is 1.36. The molecule has 4 nitrogen and oxygen atoms in total. The van der Waals surface area contributed by atoms with E-state index in [0.29, 0.717) is 15.2 Å². The largest absolute Gasteiger partial charge is 0.312 e. The number of thiophene rings is 1. The zero-order valence-electron chi connectivity index (χ0n) is 12.6. The fraction of sp³-hybridized carbons (Fsp3) is 0.692. The van der Waals surface area contributed by atoms with E-state index in [9.17, 15) is 8.42 Å². The smallest absolute Gasteiger partial charge is 0.242 e. The van der Waals surface area contributed by atoms with Crippen LogP contribution in [0.25, 0.3) is 0 Å². The molecule has 2 N–H and O–H groups in total. The molecule has 1 unspecified atom stereocenters. The van der Waals surface area contributed by atoms with Crippen LogP contribution >= 0.6 is 39.0 Å². The Kier molecular flexibility index (Phi) is 8.82. The van der Waals surface area contributed by atoms with Crippen molar-refractivity contribution in [3.63, 3.8) is 0 Å². The molecular weight excluding hydrogens is 392 g/mol. The van der Waals surface area contributed by atoms with Crippen molar-refractivity contribution in [2.45, 2.75) is 44.7 Å². The summed E-state index contributed by atoms with van der Waals surface area (Å²) in [6.45, 7) is 7.60. The Morgan fingerprint density at radius 1 is 1.43 bits per heavy atom. The van der Waals surface area contributed by atoms with Crippen molar-refractivity contribution >= 4 is 49.1 Å². The van der Waals surface area contributed by atoms with E-state index in [4.69, 9.17) is 0 Å². The summed E-state index contributed by atoms with van der Waals surface area (Å²) >= 11 is 6.65. The van der Waals surface area contributed by atoms with Crippen LogP contribution in [0.1, 0.15) is 32.1 Å². The van der Waals surface area contributed by atoms with Gasteiger partial charge in [-0.3, -0.25) is 0 Å². The molecule has 0 fully saturated rings. The molecule has 0 saturated carbocycles. The maximum Gasteiger partial charge on any atom is 0.242 e. The zero-order valence-corrected chi connectivity index (χ0v) is 16.6. The molecule has 0 aliphatic carbocycles. The van der Waals surface area contributed by atoms with Gasteiger partial charge in [0, 0.05) is 17.5 Å². The summed E-state index contributed by atoms with van der Waals surface area (Å²) in [6, 6.07) is 1.69. The highest BCUT2D eigenvalue weighted by molar-refractivity contribution is 9.11. The van der Waals surface area contributed by atoms with Gasteiger partial charge in [0.25, 0.3) is 0 Å². The Bertz CT molecular complexity index is 532. The third-order valence-corrected chi connectivity index (χ3v) is 7.58. The molecule has 8 heteroatoms. The molecule has 1 atom stereocenters. The highest BCUT2D eigenvalue weighted by Crippen LogP contribution is 2.31. The van der Waals surface area contributed by atoms with Gasteiger partial charge in [0.2, 0.25) is 10.0 Å². The number of nitrogens with one attached hydrogen (secondary N) is 2. The lowest BCUT2D eigenvalue weighted by atomic mass is 10.3. The molecule has 1 aromatic rings. The number of rotatable bonds is 10. The molecule has 122 valence electrons. The van der Waals surface area contributed by atoms with E-state index in [0.717, 1.165) is 29.3 Å². The van der Waals surface area contributed by atoms with E-state index >= 15 is 0 Å². The van der Waals surface area contributed by atoms with Crippen molar-refractivity contribution in [1.82, 2.24) is 10.0 Å². The van der Waals surface area contributed by atoms with Crippen LogP contribution in [0.4, 0.5) is 0 Å². The molecule has 1 aromatic heterocycles. The number of hydrogen-bond acceptors (Lipinski definition) is 5. The predicted octanol–water partition coefficient (Wildman–Crippen LogP) is 3.43. The molecule has 0 bridgehead atoms. The van der Waals surface area contributed by atoms with Gasteiger partial charge in [-0.05, 0) is 53.4 Å². The van der Waals surface area contributed by atoms with Gasteiger partial charge in [-0.25, -0.2) is 13.1 Å². The maximum absolute atomic E-state index is 12.4. The zero-order chi connectivity index (χ0) is 15.9. The number of thioether (sulfide) groups is 1. The second-order valence-electron chi connectivity index (χ2n) is 4.64. The van der Waals surface area contributed by atoms with Crippen LogP contribution < -0.4 is 10.0 Å². The highest BCUT2D eigenvalue weighted by Gasteiger charge is 2.22. The van der Waals surface area contributed by atoms with Gasteiger partial charge in [0.05, 0.1) is 3.79 Å². The minimum atomic E-state index is -3.46. The highest BCUT2D eigenvalue weighted by atomic mass is 79.9. The Morgan fingerprint density at radius 3 is 2.76 bits per heavy atom. The first-order valence-corrected chi connectivity index (χ1v) is 11.2. The maximum atomic E-state index is 12.4. The fourth-order valence-corrected chi connectivity index (χ4v) is 6.45. The molecule has 1 heterocycles. The quantitative estimate of drug-likeness (QED) is 0.575. The Hall–Kier alpha value is 0.400. The van der Waals surface area contributed by atoms with E-state index in [1.807, 2.05) is 25.6 Å². The third-order valence-electron chi connectivity index (χ3n) is 2.80. The number of sulfonamides is 1. The lowest BCUT2D eigenvalue weighted by Crippen LogP contribution is -2.33. The molecule has 0 aromatic carbocycles. The summed E-state index contributed by atoms with van der Waals surface area (Å²) in [7, 11) is -3.46. The van der Waals surface area contributed by atoms with Gasteiger partial charge in [0.15, 0.2) is 0 Å². The molecule has 1 rings (SSSR count). The average molecular weight is 415 g/mol. The van der Waals surface area contributed by atoms with E-state index in [1.165, 1.54) is 11.3 Å². The molecule has 0 aliphatic rings. The molecule has 0 spiro atoms. The van der Waals surface area contributed by atoms with Crippen molar-refractivity contribution in [2.75, 3.05) is 18.1 Å². The summed E-state index contributed by atoms with van der Waals surface area (Å²) < 4.78 is 28.3. The molecule has 0 radical (unpaired) electrons. The topological polar surface area (TPSA) is 58.2 Å². The minimum Gasteiger partial charge on any atom is -0.312 e. The summed E-state index contributed by atoms with van der Waals surface area (Å²) in [5.41, 5.74) is 0. The van der Waals surface area contributed by atoms with Crippen molar-refractivity contribution in [3.8, 4) is 0 Å². The Labute approximate surface area is 144 Å². The first-order valence-electron chi connectivity index (χ1n) is 6.99. The Balaban J connectivity index is 2.71. The van der Waals surface area contributed by atoms with Crippen LogP contribution in [-0.2, 0) is 16.6 Å². The fourth-order valence-electron chi connectivity index (χ4n) is 1.71. The lowest BCUT2D eigenvalue weighted by molar-refractivity contribution is 0.557. The van der Waals surface area contributed by atoms with E-state index < -0.39 is 10.0 Å². The predicted molar refractivity (Wildman–Crippen MR) is 96.8 cm³/mol. The Morgan fingerprint density at radius 2 is 2.14 bits per heavy atom. The van der Waals surface area contributed by atoms with Crippen molar-refractivity contribution in [3.05, 3.63) is 14.7 Å². The molecule has 0 saturated heterocycles. The standard InChI is InChI=1S/C13H23BrN2O2S3/c1-4-15-9-11-8-12(13(14)20-11)21(17,18)16-10(3)6-7-19-5-2/h8,10,15-16H,4-7,9H2,1-3H3. The van der Waals surface area contributed by atoms with Crippen LogP contribution in [0.5, 0.6) is 0 Å². The monoisotopic (exact) mass is 414 g/mol. The van der Waals surface area contributed by atoms with Gasteiger partial charge < -0.3 is 5.32 Å². The van der Waals surface area contributed by atoms with Crippen LogP contribution in [0, 0.1) is 0 Å². The lowest BCUT2D eigenvalue weighted by Gasteiger charge is -2.13. The number of halogens is 1. The molecule has 0 aliphatic heterocycles. The van der Waals surface area contributed by atoms with Gasteiger partial charge in [0.1, 0.15) is 4.90 Å². The summed E-state index contributed by atoms with van der Waals surface area (Å²) in [5.74, 6) is 2.03. The van der Waals surface area contributed by atoms with E-state index in [-0.39, 0.29) is 6.04 Å². The first kappa shape index (κ1) is 19.4. The van der Waals surface area contributed by atoms with Crippen LogP contribution in [0.15, 0.2) is 14.7 Å². The summed E-state index contributed by atoms with van der Waals surface area (Å²) in [5, 5.41) is 3.20. The third kappa shape index (κ3) is 6.58. The molecule has 0 amide bonds. The second-order valence-corrected chi connectivity index (χ2v) is 10.2. The van der Waals surface area contributed by atoms with E-state index in [2.05, 4.69) is 32.9 Å². The number of hydrogen-bond donors (Lipinski definition) is 2. The van der Waals surface area contributed by atoms with Crippen LogP contribution in [0.3, 0.4) is 0 Å². The van der Waals surface area contributed by atoms with Gasteiger partial charge in [-0.1, -0.05) is 13.8 Å². The first-order chi connectivity index (χ1) is 9.90. The van der Waals surface area contributed by atoms with Gasteiger partial charge in [-0.15, -0.1) is 11.3 Å². The average Bonchev–Trinajstić information content (AvgIpc) is 2.78. The van der Waals surface area contributed by atoms with Crippen LogP contribution in [0.2, 0.25) is 0 Å². The second kappa shape index (κ2) is 9.52. The summed E-state index contributed by atoms with van der Waals surface area (Å²) in [6.07, 6.45) is 0.837.